The first-order valence-electron chi connectivity index (χ1n) is 10.5. The van der Waals surface area contributed by atoms with Gasteiger partial charge in [0.2, 0.25) is 5.91 Å². The maximum atomic E-state index is 13.0. The average molecular weight is 432 g/mol. The second kappa shape index (κ2) is 10.1. The number of aromatic nitrogens is 2. The molecule has 2 unspecified atom stereocenters. The molecule has 2 N–H and O–H groups in total. The maximum absolute atomic E-state index is 13.0. The van der Waals surface area contributed by atoms with Crippen molar-refractivity contribution in [3.05, 3.63) is 47.8 Å². The van der Waals surface area contributed by atoms with Crippen LogP contribution < -0.4 is 10.6 Å². The van der Waals surface area contributed by atoms with Crippen LogP contribution in [0.2, 0.25) is 0 Å². The van der Waals surface area contributed by atoms with Gasteiger partial charge in [0.15, 0.2) is 0 Å². The van der Waals surface area contributed by atoms with Crippen LogP contribution in [0.5, 0.6) is 0 Å². The number of carbonyl (C=O) groups is 2. The third kappa shape index (κ3) is 5.21. The van der Waals surface area contributed by atoms with Gasteiger partial charge in [-0.1, -0.05) is 0 Å². The molecule has 2 saturated heterocycles. The molecule has 7 nitrogen and oxygen atoms in total. The van der Waals surface area contributed by atoms with Gasteiger partial charge in [0.05, 0.1) is 17.4 Å². The summed E-state index contributed by atoms with van der Waals surface area (Å²) in [6.45, 7) is 4.97. The van der Waals surface area contributed by atoms with Crippen LogP contribution in [-0.4, -0.2) is 58.7 Å². The predicted octanol–water partition coefficient (Wildman–Crippen LogP) is 2.32. The van der Waals surface area contributed by atoms with Crippen LogP contribution in [0.25, 0.3) is 5.69 Å². The summed E-state index contributed by atoms with van der Waals surface area (Å²) in [6.07, 6.45) is 5.90. The van der Waals surface area contributed by atoms with Gasteiger partial charge in [-0.15, -0.1) is 12.4 Å². The third-order valence-corrected chi connectivity index (χ3v) is 5.85. The zero-order valence-electron chi connectivity index (χ0n) is 17.3. The summed E-state index contributed by atoms with van der Waals surface area (Å²) < 4.78 is 1.81. The molecule has 2 aliphatic heterocycles. The van der Waals surface area contributed by atoms with Crippen molar-refractivity contribution in [2.45, 2.75) is 38.6 Å². The van der Waals surface area contributed by atoms with E-state index >= 15 is 0 Å². The van der Waals surface area contributed by atoms with Gasteiger partial charge in [-0.25, -0.2) is 4.68 Å². The summed E-state index contributed by atoms with van der Waals surface area (Å²) in [7, 11) is 0. The van der Waals surface area contributed by atoms with E-state index in [4.69, 9.17) is 0 Å². The molecular weight excluding hydrogens is 402 g/mol. The fourth-order valence-corrected chi connectivity index (χ4v) is 4.19. The highest BCUT2D eigenvalue weighted by Crippen LogP contribution is 2.19. The SMILES string of the molecule is Cc1ccn(-c2ccc(C(=O)N3CCCC(CNC(=O)C4CCCN4)C3)cc2)n1.Cl. The first-order valence-corrected chi connectivity index (χ1v) is 10.5. The molecule has 0 radical (unpaired) electrons. The van der Waals surface area contributed by atoms with E-state index in [0.717, 1.165) is 50.2 Å². The highest BCUT2D eigenvalue weighted by molar-refractivity contribution is 5.94. The topological polar surface area (TPSA) is 79.3 Å². The van der Waals surface area contributed by atoms with Gasteiger partial charge in [0.25, 0.3) is 5.91 Å². The van der Waals surface area contributed by atoms with E-state index in [0.29, 0.717) is 24.6 Å². The van der Waals surface area contributed by atoms with Crippen molar-refractivity contribution in [2.24, 2.45) is 5.92 Å². The number of nitrogens with one attached hydrogen (secondary N) is 2. The standard InChI is InChI=1S/C22H29N5O2.ClH/c1-16-10-13-27(25-16)19-8-6-18(7-9-19)22(29)26-12-3-4-17(15-26)14-24-21(28)20-5-2-11-23-20;/h6-10,13,17,20,23H,2-5,11-12,14-15H2,1H3,(H,24,28);1H. The Morgan fingerprint density at radius 1 is 1.17 bits per heavy atom. The number of hydrogen-bond donors (Lipinski definition) is 2. The zero-order valence-corrected chi connectivity index (χ0v) is 18.2. The number of rotatable bonds is 5. The van der Waals surface area contributed by atoms with Crippen LogP contribution in [0, 0.1) is 12.8 Å². The van der Waals surface area contributed by atoms with Gasteiger partial charge in [0.1, 0.15) is 0 Å². The number of likely N-dealkylation sites (tertiary alicyclic amines) is 1. The Balaban J connectivity index is 0.00000256. The highest BCUT2D eigenvalue weighted by Gasteiger charge is 2.27. The quantitative estimate of drug-likeness (QED) is 0.761. The lowest BCUT2D eigenvalue weighted by Gasteiger charge is -2.33. The number of piperidine rings is 1. The number of aryl methyl sites for hydroxylation is 1. The Hall–Kier alpha value is -2.38. The van der Waals surface area contributed by atoms with E-state index in [1.807, 2.05) is 53.0 Å². The average Bonchev–Trinajstić information content (AvgIpc) is 3.44. The highest BCUT2D eigenvalue weighted by atomic mass is 35.5. The lowest BCUT2D eigenvalue weighted by Crippen LogP contribution is -2.46. The third-order valence-electron chi connectivity index (χ3n) is 5.85. The van der Waals surface area contributed by atoms with Crippen LogP contribution in [-0.2, 0) is 4.79 Å². The largest absolute Gasteiger partial charge is 0.354 e. The normalized spacial score (nSPS) is 21.2. The monoisotopic (exact) mass is 431 g/mol. The van der Waals surface area contributed by atoms with Crippen molar-refractivity contribution < 1.29 is 9.59 Å². The number of carbonyl (C=O) groups excluding carboxylic acids is 2. The smallest absolute Gasteiger partial charge is 0.253 e. The van der Waals surface area contributed by atoms with Crippen molar-refractivity contribution in [2.75, 3.05) is 26.2 Å². The molecular formula is C22H30ClN5O2. The van der Waals surface area contributed by atoms with Gasteiger partial charge in [-0.2, -0.15) is 5.10 Å². The molecule has 0 spiro atoms. The van der Waals surface area contributed by atoms with Gasteiger partial charge >= 0.3 is 0 Å². The molecule has 2 fully saturated rings. The number of hydrogen-bond acceptors (Lipinski definition) is 4. The van der Waals surface area contributed by atoms with Crippen LogP contribution in [0.4, 0.5) is 0 Å². The van der Waals surface area contributed by atoms with E-state index in [1.165, 1.54) is 0 Å². The molecule has 1 aromatic heterocycles. The Labute approximate surface area is 183 Å². The summed E-state index contributed by atoms with van der Waals surface area (Å²) >= 11 is 0. The van der Waals surface area contributed by atoms with Gasteiger partial charge in [-0.05, 0) is 75.4 Å². The van der Waals surface area contributed by atoms with Gasteiger partial charge in [0, 0.05) is 31.4 Å². The van der Waals surface area contributed by atoms with Crippen LogP contribution >= 0.6 is 12.4 Å². The minimum atomic E-state index is -0.0478. The summed E-state index contributed by atoms with van der Waals surface area (Å²) in [5.74, 6) is 0.460. The second-order valence-electron chi connectivity index (χ2n) is 8.10. The Kier molecular flexibility index (Phi) is 7.50. The molecule has 162 valence electrons. The molecule has 2 atom stereocenters. The molecule has 4 rings (SSSR count). The van der Waals surface area contributed by atoms with Crippen molar-refractivity contribution in [1.82, 2.24) is 25.3 Å². The van der Waals surface area contributed by atoms with Crippen LogP contribution in [0.3, 0.4) is 0 Å². The van der Waals surface area contributed by atoms with Crippen molar-refractivity contribution in [1.29, 1.82) is 0 Å². The summed E-state index contributed by atoms with van der Waals surface area (Å²) in [5, 5.41) is 10.7. The number of amides is 2. The van der Waals surface area contributed by atoms with Crippen LogP contribution in [0.15, 0.2) is 36.5 Å². The van der Waals surface area contributed by atoms with E-state index < -0.39 is 0 Å². The van der Waals surface area contributed by atoms with Crippen molar-refractivity contribution >= 4 is 24.2 Å². The fraction of sp³-hybridized carbons (Fsp3) is 0.500. The van der Waals surface area contributed by atoms with E-state index in [-0.39, 0.29) is 30.3 Å². The zero-order chi connectivity index (χ0) is 20.2. The molecule has 8 heteroatoms. The van der Waals surface area contributed by atoms with E-state index in [9.17, 15) is 9.59 Å². The second-order valence-corrected chi connectivity index (χ2v) is 8.10. The predicted molar refractivity (Wildman–Crippen MR) is 118 cm³/mol. The molecule has 2 aliphatic rings. The first-order chi connectivity index (χ1) is 14.1. The van der Waals surface area contributed by atoms with Crippen molar-refractivity contribution in [3.8, 4) is 5.69 Å². The first kappa shape index (κ1) is 22.3. The molecule has 3 heterocycles. The Bertz CT molecular complexity index is 861. The molecule has 30 heavy (non-hydrogen) atoms. The maximum Gasteiger partial charge on any atom is 0.253 e. The van der Waals surface area contributed by atoms with Crippen LogP contribution in [0.1, 0.15) is 41.7 Å². The van der Waals surface area contributed by atoms with Gasteiger partial charge in [-0.3, -0.25) is 9.59 Å². The Morgan fingerprint density at radius 3 is 2.63 bits per heavy atom. The molecule has 2 amide bonds. The molecule has 1 aromatic carbocycles. The summed E-state index contributed by atoms with van der Waals surface area (Å²) in [6, 6.07) is 9.49. The molecule has 0 bridgehead atoms. The van der Waals surface area contributed by atoms with E-state index in [2.05, 4.69) is 15.7 Å². The molecule has 2 aromatic rings. The van der Waals surface area contributed by atoms with Gasteiger partial charge < -0.3 is 15.5 Å². The Morgan fingerprint density at radius 2 is 1.97 bits per heavy atom. The number of benzene rings is 1. The molecule has 0 saturated carbocycles. The lowest BCUT2D eigenvalue weighted by atomic mass is 9.97. The lowest BCUT2D eigenvalue weighted by molar-refractivity contribution is -0.123. The summed E-state index contributed by atoms with van der Waals surface area (Å²) in [4.78, 5) is 27.1. The fourth-order valence-electron chi connectivity index (χ4n) is 4.19. The van der Waals surface area contributed by atoms with Crippen molar-refractivity contribution in [3.63, 3.8) is 0 Å². The summed E-state index contributed by atoms with van der Waals surface area (Å²) in [5.41, 5.74) is 2.59. The number of halogens is 1. The molecule has 0 aliphatic carbocycles. The minimum Gasteiger partial charge on any atom is -0.354 e. The number of nitrogens with zero attached hydrogens (tertiary/aromatic N) is 3. The minimum absolute atomic E-state index is 0. The van der Waals surface area contributed by atoms with E-state index in [1.54, 1.807) is 0 Å².